The van der Waals surface area contributed by atoms with Crippen molar-refractivity contribution in [2.75, 3.05) is 0 Å². The quantitative estimate of drug-likeness (QED) is 0.162. The summed E-state index contributed by atoms with van der Waals surface area (Å²) in [6, 6.07) is 50.7. The van der Waals surface area contributed by atoms with Gasteiger partial charge in [-0.1, -0.05) is 140 Å². The Morgan fingerprint density at radius 3 is 1.57 bits per heavy atom. The molecule has 7 rings (SSSR count). The van der Waals surface area contributed by atoms with Gasteiger partial charge in [0.05, 0.1) is 11.4 Å². The molecule has 0 aliphatic heterocycles. The third-order valence-electron chi connectivity index (χ3n) is 8.26. The molecule has 0 aliphatic carbocycles. The second-order valence-corrected chi connectivity index (χ2v) is 11.4. The first kappa shape index (κ1) is 29.5. The Kier molecular flexibility index (Phi) is 8.44. The minimum absolute atomic E-state index is 0.682. The summed E-state index contributed by atoms with van der Waals surface area (Å²) in [5, 5.41) is 0. The molecule has 0 unspecified atom stereocenters. The Balaban J connectivity index is 1.39. The molecule has 0 N–H and O–H groups in total. The number of hydrogen-bond acceptors (Lipinski definition) is 3. The average molecular weight is 604 g/mol. The molecule has 47 heavy (non-hydrogen) atoms. The highest BCUT2D eigenvalue weighted by atomic mass is 14.9. The summed E-state index contributed by atoms with van der Waals surface area (Å²) < 4.78 is 0. The van der Waals surface area contributed by atoms with E-state index in [0.717, 1.165) is 72.7 Å². The number of pyridine rings is 1. The predicted octanol–water partition coefficient (Wildman–Crippen LogP) is 11.4. The number of benzene rings is 5. The summed E-state index contributed by atoms with van der Waals surface area (Å²) in [6.45, 7) is 5.84. The first-order chi connectivity index (χ1) is 23.1. The Morgan fingerprint density at radius 1 is 0.489 bits per heavy atom. The summed E-state index contributed by atoms with van der Waals surface area (Å²) in [5.74, 6) is 0.682. The van der Waals surface area contributed by atoms with Gasteiger partial charge in [-0.2, -0.15) is 0 Å². The van der Waals surface area contributed by atoms with Crippen LogP contribution in [0, 0.1) is 6.92 Å². The van der Waals surface area contributed by atoms with Crippen LogP contribution in [0.3, 0.4) is 0 Å². The van der Waals surface area contributed by atoms with Gasteiger partial charge in [0.15, 0.2) is 5.82 Å². The lowest BCUT2D eigenvalue weighted by atomic mass is 9.94. The lowest BCUT2D eigenvalue weighted by Crippen LogP contribution is -1.97. The smallest absolute Gasteiger partial charge is 0.160 e. The molecule has 2 heterocycles. The van der Waals surface area contributed by atoms with Crippen molar-refractivity contribution in [2.24, 2.45) is 0 Å². The number of aromatic nitrogens is 3. The Hall–Kier alpha value is -6.19. The van der Waals surface area contributed by atoms with Crippen molar-refractivity contribution in [2.45, 2.75) is 6.92 Å². The van der Waals surface area contributed by atoms with Crippen LogP contribution in [-0.4, -0.2) is 15.0 Å². The fraction of sp³-hybridized carbons (Fsp3) is 0.0227. The standard InChI is InChI=1S/C44H33N3/c1-3-4-12-32-18-20-33(21-19-32)38-27-39(34-22-24-35(25-23-34)41-17-11-26-45-31(41)2)29-40(28-38)44-46-42(36-13-7-5-8-14-36)30-43(47-44)37-15-9-6-10-16-37/h3-30H,1H2,2H3/b12-4-. The van der Waals surface area contributed by atoms with E-state index in [1.807, 2.05) is 61.7 Å². The van der Waals surface area contributed by atoms with Crippen molar-refractivity contribution in [1.29, 1.82) is 0 Å². The van der Waals surface area contributed by atoms with E-state index in [2.05, 4.69) is 121 Å². The van der Waals surface area contributed by atoms with Gasteiger partial charge in [0.1, 0.15) is 0 Å². The van der Waals surface area contributed by atoms with Crippen LogP contribution in [0.4, 0.5) is 0 Å². The third-order valence-corrected chi connectivity index (χ3v) is 8.26. The van der Waals surface area contributed by atoms with Gasteiger partial charge in [0.25, 0.3) is 0 Å². The predicted molar refractivity (Wildman–Crippen MR) is 196 cm³/mol. The lowest BCUT2D eigenvalue weighted by Gasteiger charge is -2.13. The molecule has 7 aromatic rings. The largest absolute Gasteiger partial charge is 0.261 e. The zero-order valence-electron chi connectivity index (χ0n) is 26.2. The van der Waals surface area contributed by atoms with E-state index in [9.17, 15) is 0 Å². The molecule has 0 amide bonds. The summed E-state index contributed by atoms with van der Waals surface area (Å²) in [5.41, 5.74) is 13.7. The molecule has 5 aromatic carbocycles. The van der Waals surface area contributed by atoms with E-state index in [4.69, 9.17) is 9.97 Å². The normalized spacial score (nSPS) is 11.1. The molecule has 0 bridgehead atoms. The van der Waals surface area contributed by atoms with Crippen molar-refractivity contribution in [3.63, 3.8) is 0 Å². The van der Waals surface area contributed by atoms with Crippen LogP contribution in [0.25, 0.3) is 73.4 Å². The monoisotopic (exact) mass is 603 g/mol. The SMILES string of the molecule is C=C/C=C\c1ccc(-c2cc(-c3ccc(-c4cccnc4C)cc3)cc(-c3nc(-c4ccccc4)cc(-c4ccccc4)n3)c2)cc1. The van der Waals surface area contributed by atoms with Crippen molar-refractivity contribution >= 4 is 6.08 Å². The fourth-order valence-corrected chi connectivity index (χ4v) is 5.78. The number of allylic oxidation sites excluding steroid dienone is 2. The fourth-order valence-electron chi connectivity index (χ4n) is 5.78. The summed E-state index contributed by atoms with van der Waals surface area (Å²) >= 11 is 0. The van der Waals surface area contributed by atoms with Gasteiger partial charge in [-0.25, -0.2) is 9.97 Å². The maximum Gasteiger partial charge on any atom is 0.160 e. The van der Waals surface area contributed by atoms with Gasteiger partial charge < -0.3 is 0 Å². The van der Waals surface area contributed by atoms with Crippen LogP contribution >= 0.6 is 0 Å². The molecule has 0 saturated heterocycles. The number of rotatable bonds is 8. The van der Waals surface area contributed by atoms with Gasteiger partial charge in [-0.15, -0.1) is 0 Å². The molecule has 0 radical (unpaired) electrons. The molecule has 3 heteroatoms. The highest BCUT2D eigenvalue weighted by Gasteiger charge is 2.14. The van der Waals surface area contributed by atoms with Crippen LogP contribution in [0.2, 0.25) is 0 Å². The van der Waals surface area contributed by atoms with Gasteiger partial charge in [0, 0.05) is 34.1 Å². The van der Waals surface area contributed by atoms with Crippen molar-refractivity contribution in [3.8, 4) is 67.3 Å². The number of aryl methyl sites for hydroxylation is 1. The first-order valence-corrected chi connectivity index (χ1v) is 15.7. The molecule has 224 valence electrons. The molecule has 0 atom stereocenters. The van der Waals surface area contributed by atoms with Crippen LogP contribution in [0.5, 0.6) is 0 Å². The highest BCUT2D eigenvalue weighted by molar-refractivity contribution is 5.82. The average Bonchev–Trinajstić information content (AvgIpc) is 3.15. The van der Waals surface area contributed by atoms with Gasteiger partial charge in [0.2, 0.25) is 0 Å². The first-order valence-electron chi connectivity index (χ1n) is 15.7. The highest BCUT2D eigenvalue weighted by Crippen LogP contribution is 2.35. The van der Waals surface area contributed by atoms with E-state index < -0.39 is 0 Å². The van der Waals surface area contributed by atoms with Crippen molar-refractivity contribution < 1.29 is 0 Å². The van der Waals surface area contributed by atoms with Crippen molar-refractivity contribution in [1.82, 2.24) is 15.0 Å². The van der Waals surface area contributed by atoms with Crippen LogP contribution < -0.4 is 0 Å². The zero-order chi connectivity index (χ0) is 32.0. The van der Waals surface area contributed by atoms with Crippen LogP contribution in [0.15, 0.2) is 171 Å². The number of hydrogen-bond donors (Lipinski definition) is 0. The molecule has 0 saturated carbocycles. The molecule has 0 aliphatic rings. The molecule has 0 fully saturated rings. The Bertz CT molecular complexity index is 2120. The molecular formula is C44H33N3. The Labute approximate surface area is 276 Å². The van der Waals surface area contributed by atoms with Gasteiger partial charge in [-0.05, 0) is 70.6 Å². The summed E-state index contributed by atoms with van der Waals surface area (Å²) in [6.07, 6.45) is 7.63. The van der Waals surface area contributed by atoms with Crippen molar-refractivity contribution in [3.05, 3.63) is 182 Å². The van der Waals surface area contributed by atoms with E-state index in [1.165, 1.54) is 0 Å². The van der Waals surface area contributed by atoms with E-state index in [1.54, 1.807) is 6.08 Å². The maximum atomic E-state index is 5.14. The topological polar surface area (TPSA) is 38.7 Å². The van der Waals surface area contributed by atoms with E-state index in [-0.39, 0.29) is 0 Å². The van der Waals surface area contributed by atoms with Crippen LogP contribution in [0.1, 0.15) is 11.3 Å². The Morgan fingerprint density at radius 2 is 1.02 bits per heavy atom. The third kappa shape index (κ3) is 6.61. The van der Waals surface area contributed by atoms with Gasteiger partial charge >= 0.3 is 0 Å². The van der Waals surface area contributed by atoms with E-state index in [0.29, 0.717) is 5.82 Å². The molecule has 2 aromatic heterocycles. The van der Waals surface area contributed by atoms with Crippen LogP contribution in [-0.2, 0) is 0 Å². The minimum Gasteiger partial charge on any atom is -0.261 e. The molecular weight excluding hydrogens is 571 g/mol. The molecule has 0 spiro atoms. The lowest BCUT2D eigenvalue weighted by molar-refractivity contribution is 1.18. The molecule has 3 nitrogen and oxygen atoms in total. The minimum atomic E-state index is 0.682. The van der Waals surface area contributed by atoms with Gasteiger partial charge in [-0.3, -0.25) is 4.98 Å². The maximum absolute atomic E-state index is 5.14. The second kappa shape index (κ2) is 13.4. The van der Waals surface area contributed by atoms with E-state index >= 15 is 0 Å². The second-order valence-electron chi connectivity index (χ2n) is 11.4. The summed E-state index contributed by atoms with van der Waals surface area (Å²) in [4.78, 5) is 14.8. The number of nitrogens with zero attached hydrogens (tertiary/aromatic N) is 3. The zero-order valence-corrected chi connectivity index (χ0v) is 26.2. The summed E-state index contributed by atoms with van der Waals surface area (Å²) in [7, 11) is 0.